The Morgan fingerprint density at radius 2 is 1.52 bits per heavy atom. The van der Waals surface area contributed by atoms with Crippen LogP contribution in [0.3, 0.4) is 0 Å². The maximum absolute atomic E-state index is 13.2. The number of sulfonamides is 1. The largest absolute Gasteiger partial charge is 0.331 e. The molecule has 0 spiro atoms. The van der Waals surface area contributed by atoms with Gasteiger partial charge >= 0.3 is 0 Å². The Hall–Kier alpha value is -2.55. The molecule has 2 saturated heterocycles. The molecule has 4 aliphatic rings. The molecule has 4 atom stereocenters. The van der Waals surface area contributed by atoms with E-state index in [0.717, 1.165) is 17.2 Å². The number of likely N-dealkylation sites (tertiary alicyclic amines) is 1. The number of hydrogen-bond acceptors (Lipinski definition) is 4. The van der Waals surface area contributed by atoms with Crippen LogP contribution in [-0.2, 0) is 19.6 Å². The van der Waals surface area contributed by atoms with Crippen molar-refractivity contribution in [1.82, 2.24) is 9.21 Å². The molecule has 2 aliphatic carbocycles. The first-order chi connectivity index (χ1) is 15.9. The summed E-state index contributed by atoms with van der Waals surface area (Å²) in [5.74, 6) is 0.172. The SMILES string of the molecule is O=C1[C@@H]2[C@H](C(=O)N1CC[NH+]1CCN(S(=O)(=O)c3ccc4ccccc4c3)CC1)[C@H]1C=C[C@@H]2C1. The highest BCUT2D eigenvalue weighted by atomic mass is 32.2. The molecule has 2 aromatic carbocycles. The fourth-order valence-corrected chi connectivity index (χ4v) is 7.70. The van der Waals surface area contributed by atoms with Crippen molar-refractivity contribution < 1.29 is 22.9 Å². The molecule has 172 valence electrons. The molecule has 2 aliphatic heterocycles. The van der Waals surface area contributed by atoms with E-state index < -0.39 is 10.0 Å². The maximum Gasteiger partial charge on any atom is 0.243 e. The molecule has 0 radical (unpaired) electrons. The molecular weight excluding hydrogens is 438 g/mol. The summed E-state index contributed by atoms with van der Waals surface area (Å²) in [6.07, 6.45) is 5.17. The summed E-state index contributed by atoms with van der Waals surface area (Å²) in [5, 5.41) is 1.93. The Labute approximate surface area is 193 Å². The van der Waals surface area contributed by atoms with E-state index in [1.165, 1.54) is 9.80 Å². The lowest BCUT2D eigenvalue weighted by molar-refractivity contribution is -0.902. The van der Waals surface area contributed by atoms with E-state index in [4.69, 9.17) is 0 Å². The highest BCUT2D eigenvalue weighted by Crippen LogP contribution is 2.52. The van der Waals surface area contributed by atoms with E-state index in [9.17, 15) is 18.0 Å². The Kier molecular flexibility index (Phi) is 4.94. The molecule has 2 aromatic rings. The second kappa shape index (κ2) is 7.75. The zero-order valence-electron chi connectivity index (χ0n) is 18.4. The van der Waals surface area contributed by atoms with Gasteiger partial charge in [0, 0.05) is 0 Å². The molecule has 1 saturated carbocycles. The van der Waals surface area contributed by atoms with Crippen LogP contribution < -0.4 is 4.90 Å². The van der Waals surface area contributed by atoms with Gasteiger partial charge < -0.3 is 4.90 Å². The van der Waals surface area contributed by atoms with Crippen LogP contribution in [0.4, 0.5) is 0 Å². The van der Waals surface area contributed by atoms with Gasteiger partial charge in [0.2, 0.25) is 21.8 Å². The fourth-order valence-electron chi connectivity index (χ4n) is 6.22. The van der Waals surface area contributed by atoms with Crippen molar-refractivity contribution in [3.05, 3.63) is 54.6 Å². The van der Waals surface area contributed by atoms with Crippen molar-refractivity contribution in [2.24, 2.45) is 23.7 Å². The quantitative estimate of drug-likeness (QED) is 0.515. The average molecular weight is 467 g/mol. The number of hydrogen-bond donors (Lipinski definition) is 1. The molecule has 2 heterocycles. The van der Waals surface area contributed by atoms with Gasteiger partial charge in [-0.1, -0.05) is 42.5 Å². The number of carbonyl (C=O) groups is 2. The van der Waals surface area contributed by atoms with E-state index in [0.29, 0.717) is 44.2 Å². The van der Waals surface area contributed by atoms with Crippen LogP contribution in [0, 0.1) is 23.7 Å². The second-order valence-electron chi connectivity index (χ2n) is 9.74. The molecule has 8 heteroatoms. The minimum absolute atomic E-state index is 0.00114. The standard InChI is InChI=1S/C25H27N3O4S/c29-24-22-19-5-6-20(15-19)23(22)25(30)28(24)14-11-26-9-12-27(13-10-26)33(31,32)21-8-7-17-3-1-2-4-18(17)16-21/h1-8,16,19-20,22-23H,9-15H2/p+1/t19-,20+,22+,23-. The van der Waals surface area contributed by atoms with Crippen molar-refractivity contribution >= 4 is 32.6 Å². The Balaban J connectivity index is 1.07. The first kappa shape index (κ1) is 21.0. The maximum atomic E-state index is 13.2. The van der Waals surface area contributed by atoms with Crippen LogP contribution in [0.2, 0.25) is 0 Å². The number of rotatable bonds is 5. The van der Waals surface area contributed by atoms with Gasteiger partial charge in [-0.25, -0.2) is 8.42 Å². The van der Waals surface area contributed by atoms with Gasteiger partial charge in [-0.15, -0.1) is 0 Å². The van der Waals surface area contributed by atoms with Crippen LogP contribution in [0.15, 0.2) is 59.5 Å². The molecule has 7 nitrogen and oxygen atoms in total. The number of quaternary nitrogens is 1. The van der Waals surface area contributed by atoms with E-state index in [1.54, 1.807) is 16.4 Å². The van der Waals surface area contributed by atoms with Gasteiger partial charge in [-0.3, -0.25) is 14.5 Å². The Morgan fingerprint density at radius 3 is 2.18 bits per heavy atom. The number of carbonyl (C=O) groups excluding carboxylic acids is 2. The summed E-state index contributed by atoms with van der Waals surface area (Å²) >= 11 is 0. The number of piperazine rings is 1. The number of benzene rings is 2. The third-order valence-corrected chi connectivity index (χ3v) is 9.93. The molecule has 2 amide bonds. The summed E-state index contributed by atoms with van der Waals surface area (Å²) in [6, 6.07) is 13.0. The highest BCUT2D eigenvalue weighted by Gasteiger charge is 2.59. The topological polar surface area (TPSA) is 79.2 Å². The molecular formula is C25H28N3O4S+. The van der Waals surface area contributed by atoms with E-state index in [2.05, 4.69) is 12.2 Å². The van der Waals surface area contributed by atoms with Gasteiger partial charge in [-0.05, 0) is 41.2 Å². The molecule has 1 N–H and O–H groups in total. The van der Waals surface area contributed by atoms with Crippen LogP contribution in [0.5, 0.6) is 0 Å². The van der Waals surface area contributed by atoms with Gasteiger partial charge in [0.25, 0.3) is 0 Å². The van der Waals surface area contributed by atoms with E-state index in [-0.39, 0.29) is 35.5 Å². The molecule has 33 heavy (non-hydrogen) atoms. The molecule has 2 bridgehead atoms. The predicted molar refractivity (Wildman–Crippen MR) is 123 cm³/mol. The third kappa shape index (κ3) is 3.34. The van der Waals surface area contributed by atoms with Crippen molar-refractivity contribution in [1.29, 1.82) is 0 Å². The number of imide groups is 1. The molecule has 0 aromatic heterocycles. The predicted octanol–water partition coefficient (Wildman–Crippen LogP) is 0.536. The summed E-state index contributed by atoms with van der Waals surface area (Å²) < 4.78 is 27.9. The lowest BCUT2D eigenvalue weighted by atomic mass is 9.85. The van der Waals surface area contributed by atoms with Crippen LogP contribution in [-0.4, -0.2) is 68.7 Å². The minimum atomic E-state index is -3.55. The molecule has 6 rings (SSSR count). The van der Waals surface area contributed by atoms with Crippen molar-refractivity contribution in [2.45, 2.75) is 11.3 Å². The summed E-state index contributed by atoms with van der Waals surface area (Å²) in [4.78, 5) is 28.8. The number of nitrogens with zero attached hydrogens (tertiary/aromatic N) is 2. The molecule has 3 fully saturated rings. The van der Waals surface area contributed by atoms with Gasteiger partial charge in [0.15, 0.2) is 0 Å². The second-order valence-corrected chi connectivity index (χ2v) is 11.7. The van der Waals surface area contributed by atoms with Crippen molar-refractivity contribution in [3.8, 4) is 0 Å². The fraction of sp³-hybridized carbons (Fsp3) is 0.440. The summed E-state index contributed by atoms with van der Waals surface area (Å²) in [6.45, 7) is 3.31. The normalized spacial score (nSPS) is 30.0. The van der Waals surface area contributed by atoms with Crippen LogP contribution in [0.25, 0.3) is 10.8 Å². The Morgan fingerprint density at radius 1 is 0.879 bits per heavy atom. The number of allylic oxidation sites excluding steroid dienone is 2. The number of nitrogens with one attached hydrogen (secondary N) is 1. The van der Waals surface area contributed by atoms with Crippen molar-refractivity contribution in [3.63, 3.8) is 0 Å². The van der Waals surface area contributed by atoms with E-state index in [1.807, 2.05) is 30.3 Å². The monoisotopic (exact) mass is 466 g/mol. The van der Waals surface area contributed by atoms with Gasteiger partial charge in [-0.2, -0.15) is 4.31 Å². The lowest BCUT2D eigenvalue weighted by Crippen LogP contribution is -3.15. The summed E-state index contributed by atoms with van der Waals surface area (Å²) in [5.41, 5.74) is 0. The zero-order chi connectivity index (χ0) is 22.7. The van der Waals surface area contributed by atoms with Crippen molar-refractivity contribution in [2.75, 3.05) is 39.3 Å². The van der Waals surface area contributed by atoms with Gasteiger partial charge in [0.05, 0.1) is 56.0 Å². The smallest absolute Gasteiger partial charge is 0.243 e. The lowest BCUT2D eigenvalue weighted by Gasteiger charge is -2.32. The third-order valence-electron chi connectivity index (χ3n) is 8.04. The van der Waals surface area contributed by atoms with E-state index >= 15 is 0 Å². The zero-order valence-corrected chi connectivity index (χ0v) is 19.2. The minimum Gasteiger partial charge on any atom is -0.331 e. The van der Waals surface area contributed by atoms with Gasteiger partial charge in [0.1, 0.15) is 0 Å². The first-order valence-corrected chi connectivity index (χ1v) is 13.2. The Bertz CT molecular complexity index is 1240. The van der Waals surface area contributed by atoms with Crippen LogP contribution in [0.1, 0.15) is 6.42 Å². The first-order valence-electron chi connectivity index (χ1n) is 11.8. The number of amides is 2. The molecule has 0 unspecified atom stereocenters. The summed E-state index contributed by atoms with van der Waals surface area (Å²) in [7, 11) is -3.55. The average Bonchev–Trinajstić information content (AvgIpc) is 3.52. The highest BCUT2D eigenvalue weighted by molar-refractivity contribution is 7.89. The number of fused-ring (bicyclic) bond motifs is 6. The van der Waals surface area contributed by atoms with Crippen LogP contribution >= 0.6 is 0 Å².